The highest BCUT2D eigenvalue weighted by molar-refractivity contribution is 4.51. The van der Waals surface area contributed by atoms with E-state index in [0.717, 1.165) is 45.3 Å². The molecule has 0 aromatic rings. The summed E-state index contributed by atoms with van der Waals surface area (Å²) in [7, 11) is 2.16. The number of ether oxygens (including phenoxy) is 2. The second-order valence-corrected chi connectivity index (χ2v) is 5.42. The summed E-state index contributed by atoms with van der Waals surface area (Å²) in [4.78, 5) is 2.34. The van der Waals surface area contributed by atoms with Crippen molar-refractivity contribution in [1.29, 1.82) is 0 Å². The van der Waals surface area contributed by atoms with Crippen molar-refractivity contribution in [3.05, 3.63) is 0 Å². The van der Waals surface area contributed by atoms with Crippen LogP contribution in [-0.4, -0.2) is 51.5 Å². The van der Waals surface area contributed by atoms with Gasteiger partial charge < -0.3 is 14.4 Å². The first kappa shape index (κ1) is 17.9. The molecule has 0 aromatic heterocycles. The first-order valence-electron chi connectivity index (χ1n) is 7.50. The smallest absolute Gasteiger partial charge is 0.0701 e. The lowest BCUT2D eigenvalue weighted by Crippen LogP contribution is -2.24. The van der Waals surface area contributed by atoms with E-state index in [0.29, 0.717) is 0 Å². The molecule has 0 aliphatic carbocycles. The quantitative estimate of drug-likeness (QED) is 0.474. The van der Waals surface area contributed by atoms with Crippen molar-refractivity contribution in [1.82, 2.24) is 4.90 Å². The van der Waals surface area contributed by atoms with Crippen LogP contribution in [0.1, 0.15) is 46.5 Å². The summed E-state index contributed by atoms with van der Waals surface area (Å²) in [5.74, 6) is 0.725. The Labute approximate surface area is 114 Å². The van der Waals surface area contributed by atoms with Crippen molar-refractivity contribution in [2.24, 2.45) is 5.92 Å². The maximum Gasteiger partial charge on any atom is 0.0701 e. The molecule has 18 heavy (non-hydrogen) atoms. The minimum atomic E-state index is 0.723. The van der Waals surface area contributed by atoms with Crippen molar-refractivity contribution in [3.63, 3.8) is 0 Å². The minimum absolute atomic E-state index is 0.723. The molecule has 0 radical (unpaired) electrons. The highest BCUT2D eigenvalue weighted by Crippen LogP contribution is 1.98. The fourth-order valence-corrected chi connectivity index (χ4v) is 1.60. The molecule has 0 bridgehead atoms. The average molecular weight is 259 g/mol. The Morgan fingerprint density at radius 2 is 1.56 bits per heavy atom. The Balaban J connectivity index is 3.10. The van der Waals surface area contributed by atoms with Crippen LogP contribution in [0.5, 0.6) is 0 Å². The average Bonchev–Trinajstić information content (AvgIpc) is 2.32. The summed E-state index contributed by atoms with van der Waals surface area (Å²) in [6.07, 6.45) is 5.05. The largest absolute Gasteiger partial charge is 0.379 e. The number of unbranched alkanes of at least 4 members (excludes halogenated alkanes) is 2. The van der Waals surface area contributed by atoms with Gasteiger partial charge in [-0.15, -0.1) is 0 Å². The van der Waals surface area contributed by atoms with Gasteiger partial charge in [0.05, 0.1) is 19.8 Å². The van der Waals surface area contributed by atoms with Gasteiger partial charge in [0.15, 0.2) is 0 Å². The molecule has 3 heteroatoms. The van der Waals surface area contributed by atoms with Gasteiger partial charge >= 0.3 is 0 Å². The molecule has 0 rings (SSSR count). The zero-order valence-electron chi connectivity index (χ0n) is 12.9. The molecule has 0 aromatic carbocycles. The molecule has 0 amide bonds. The second-order valence-electron chi connectivity index (χ2n) is 5.42. The SMILES string of the molecule is CCCCCN(C)CCOCCOCCC(C)C. The van der Waals surface area contributed by atoms with Gasteiger partial charge in [-0.1, -0.05) is 33.6 Å². The third-order valence-corrected chi connectivity index (χ3v) is 2.97. The lowest BCUT2D eigenvalue weighted by molar-refractivity contribution is 0.0376. The summed E-state index contributed by atoms with van der Waals surface area (Å²) < 4.78 is 11.0. The summed E-state index contributed by atoms with van der Waals surface area (Å²) in [6, 6.07) is 0. The van der Waals surface area contributed by atoms with Crippen LogP contribution in [0.3, 0.4) is 0 Å². The van der Waals surface area contributed by atoms with Gasteiger partial charge in [0.1, 0.15) is 0 Å². The van der Waals surface area contributed by atoms with Crippen LogP contribution in [0.4, 0.5) is 0 Å². The highest BCUT2D eigenvalue weighted by atomic mass is 16.5. The third-order valence-electron chi connectivity index (χ3n) is 2.97. The molecule has 110 valence electrons. The van der Waals surface area contributed by atoms with Gasteiger partial charge in [0.2, 0.25) is 0 Å². The summed E-state index contributed by atoms with van der Waals surface area (Å²) in [5.41, 5.74) is 0. The number of rotatable bonds is 13. The molecule has 3 nitrogen and oxygen atoms in total. The monoisotopic (exact) mass is 259 g/mol. The Morgan fingerprint density at radius 3 is 2.17 bits per heavy atom. The van der Waals surface area contributed by atoms with Crippen LogP contribution in [0.2, 0.25) is 0 Å². The van der Waals surface area contributed by atoms with Crippen molar-refractivity contribution in [2.75, 3.05) is 46.6 Å². The number of hydrogen-bond acceptors (Lipinski definition) is 3. The topological polar surface area (TPSA) is 21.7 Å². The second kappa shape index (κ2) is 13.3. The van der Waals surface area contributed by atoms with E-state index in [-0.39, 0.29) is 0 Å². The summed E-state index contributed by atoms with van der Waals surface area (Å²) >= 11 is 0. The summed E-state index contributed by atoms with van der Waals surface area (Å²) in [5, 5.41) is 0. The van der Waals surface area contributed by atoms with Crippen molar-refractivity contribution >= 4 is 0 Å². The molecule has 0 atom stereocenters. The minimum Gasteiger partial charge on any atom is -0.379 e. The van der Waals surface area contributed by atoms with E-state index < -0.39 is 0 Å². The first-order chi connectivity index (χ1) is 8.66. The predicted octanol–water partition coefficient (Wildman–Crippen LogP) is 3.19. The van der Waals surface area contributed by atoms with Crippen LogP contribution in [0.25, 0.3) is 0 Å². The van der Waals surface area contributed by atoms with Crippen molar-refractivity contribution < 1.29 is 9.47 Å². The van der Waals surface area contributed by atoms with E-state index in [1.54, 1.807) is 0 Å². The molecule has 0 N–H and O–H groups in total. The Bertz CT molecular complexity index is 163. The maximum absolute atomic E-state index is 5.55. The molecule has 0 aliphatic heterocycles. The molecular weight excluding hydrogens is 226 g/mol. The van der Waals surface area contributed by atoms with Gasteiger partial charge in [-0.05, 0) is 32.4 Å². The standard InChI is InChI=1S/C15H33NO2/c1-5-6-7-9-16(4)10-12-18-14-13-17-11-8-15(2)3/h15H,5-14H2,1-4H3. The van der Waals surface area contributed by atoms with Crippen LogP contribution in [0.15, 0.2) is 0 Å². The predicted molar refractivity (Wildman–Crippen MR) is 78.1 cm³/mol. The fourth-order valence-electron chi connectivity index (χ4n) is 1.60. The normalized spacial score (nSPS) is 11.7. The lowest BCUT2D eigenvalue weighted by atomic mass is 10.1. The van der Waals surface area contributed by atoms with Crippen LogP contribution < -0.4 is 0 Å². The molecule has 0 unspecified atom stereocenters. The third kappa shape index (κ3) is 13.9. The molecule has 0 aliphatic rings. The van der Waals surface area contributed by atoms with Gasteiger partial charge in [-0.25, -0.2) is 0 Å². The molecule has 0 heterocycles. The summed E-state index contributed by atoms with van der Waals surface area (Å²) in [6.45, 7) is 12.0. The lowest BCUT2D eigenvalue weighted by Gasteiger charge is -2.16. The van der Waals surface area contributed by atoms with Gasteiger partial charge in [0.25, 0.3) is 0 Å². The number of likely N-dealkylation sites (N-methyl/N-ethyl adjacent to an activating group) is 1. The molecular formula is C15H33NO2. The van der Waals surface area contributed by atoms with Gasteiger partial charge in [-0.2, -0.15) is 0 Å². The highest BCUT2D eigenvalue weighted by Gasteiger charge is 1.98. The number of nitrogens with zero attached hydrogens (tertiary/aromatic N) is 1. The van der Waals surface area contributed by atoms with Crippen LogP contribution in [-0.2, 0) is 9.47 Å². The van der Waals surface area contributed by atoms with Crippen molar-refractivity contribution in [2.45, 2.75) is 46.5 Å². The van der Waals surface area contributed by atoms with Gasteiger partial charge in [-0.3, -0.25) is 0 Å². The Kier molecular flexibility index (Phi) is 13.2. The molecule has 0 saturated heterocycles. The van der Waals surface area contributed by atoms with E-state index in [1.807, 2.05) is 0 Å². The van der Waals surface area contributed by atoms with Crippen molar-refractivity contribution in [3.8, 4) is 0 Å². The Hall–Kier alpha value is -0.120. The van der Waals surface area contributed by atoms with E-state index in [2.05, 4.69) is 32.7 Å². The van der Waals surface area contributed by atoms with E-state index in [1.165, 1.54) is 25.8 Å². The van der Waals surface area contributed by atoms with Crippen LogP contribution >= 0.6 is 0 Å². The molecule has 0 saturated carbocycles. The fraction of sp³-hybridized carbons (Fsp3) is 1.00. The molecule has 0 fully saturated rings. The maximum atomic E-state index is 5.55. The Morgan fingerprint density at radius 1 is 0.889 bits per heavy atom. The van der Waals surface area contributed by atoms with E-state index in [4.69, 9.17) is 9.47 Å². The zero-order chi connectivity index (χ0) is 13.6. The first-order valence-corrected chi connectivity index (χ1v) is 7.50. The van der Waals surface area contributed by atoms with Crippen LogP contribution in [0, 0.1) is 5.92 Å². The van der Waals surface area contributed by atoms with Gasteiger partial charge in [0, 0.05) is 13.2 Å². The van der Waals surface area contributed by atoms with E-state index >= 15 is 0 Å². The molecule has 0 spiro atoms. The van der Waals surface area contributed by atoms with E-state index in [9.17, 15) is 0 Å². The number of hydrogen-bond donors (Lipinski definition) is 0. The zero-order valence-corrected chi connectivity index (χ0v) is 12.9.